The second-order valence-corrected chi connectivity index (χ2v) is 7.70. The third-order valence-corrected chi connectivity index (χ3v) is 5.19. The van der Waals surface area contributed by atoms with E-state index in [-0.39, 0.29) is 21.4 Å². The van der Waals surface area contributed by atoms with E-state index in [0.717, 1.165) is 6.42 Å². The van der Waals surface area contributed by atoms with Gasteiger partial charge in [0.2, 0.25) is 10.0 Å². The Kier molecular flexibility index (Phi) is 4.60. The molecule has 116 valence electrons. The molecule has 1 aromatic rings. The average Bonchev–Trinajstić information content (AvgIpc) is 2.86. The summed E-state index contributed by atoms with van der Waals surface area (Å²) in [7, 11) is -3.85. The molecule has 21 heavy (non-hydrogen) atoms. The van der Waals surface area contributed by atoms with Crippen molar-refractivity contribution in [2.75, 3.05) is 13.1 Å². The first kappa shape index (κ1) is 16.3. The van der Waals surface area contributed by atoms with E-state index < -0.39 is 10.0 Å². The standard InChI is InChI=1S/C14H19ClN2O3S/c1-9(2)10-5-6-17(8-10)14(18)12-7-11(21(16,19)20)3-4-13(12)15/h3-4,7,9-10H,5-6,8H2,1-2H3,(H2,16,19,20). The monoisotopic (exact) mass is 330 g/mol. The molecular weight excluding hydrogens is 312 g/mol. The van der Waals surface area contributed by atoms with Crippen molar-refractivity contribution in [3.8, 4) is 0 Å². The van der Waals surface area contributed by atoms with Crippen LogP contribution in [0, 0.1) is 11.8 Å². The molecule has 5 nitrogen and oxygen atoms in total. The lowest BCUT2D eigenvalue weighted by molar-refractivity contribution is 0.0784. The van der Waals surface area contributed by atoms with Crippen molar-refractivity contribution < 1.29 is 13.2 Å². The second-order valence-electron chi connectivity index (χ2n) is 5.73. The number of rotatable bonds is 3. The van der Waals surface area contributed by atoms with Crippen molar-refractivity contribution in [1.29, 1.82) is 0 Å². The van der Waals surface area contributed by atoms with E-state index in [4.69, 9.17) is 16.7 Å². The number of halogens is 1. The van der Waals surface area contributed by atoms with Gasteiger partial charge in [-0.15, -0.1) is 0 Å². The minimum absolute atomic E-state index is 0.102. The van der Waals surface area contributed by atoms with E-state index in [1.54, 1.807) is 4.90 Å². The van der Waals surface area contributed by atoms with Crippen LogP contribution in [0.3, 0.4) is 0 Å². The Morgan fingerprint density at radius 3 is 2.62 bits per heavy atom. The van der Waals surface area contributed by atoms with Crippen LogP contribution in [0.15, 0.2) is 23.1 Å². The summed E-state index contributed by atoms with van der Waals surface area (Å²) in [5.74, 6) is 0.733. The van der Waals surface area contributed by atoms with Crippen LogP contribution in [0.4, 0.5) is 0 Å². The van der Waals surface area contributed by atoms with Crippen molar-refractivity contribution >= 4 is 27.5 Å². The van der Waals surface area contributed by atoms with Gasteiger partial charge in [-0.1, -0.05) is 25.4 Å². The number of likely N-dealkylation sites (tertiary alicyclic amines) is 1. The van der Waals surface area contributed by atoms with Crippen molar-refractivity contribution in [3.05, 3.63) is 28.8 Å². The van der Waals surface area contributed by atoms with Crippen LogP contribution in [0.25, 0.3) is 0 Å². The number of nitrogens with zero attached hydrogens (tertiary/aromatic N) is 1. The van der Waals surface area contributed by atoms with Gasteiger partial charge in [-0.3, -0.25) is 4.79 Å². The van der Waals surface area contributed by atoms with Crippen LogP contribution in [-0.4, -0.2) is 32.3 Å². The number of carbonyl (C=O) groups is 1. The van der Waals surface area contributed by atoms with Crippen LogP contribution in [0.1, 0.15) is 30.6 Å². The largest absolute Gasteiger partial charge is 0.338 e. The predicted molar refractivity (Wildman–Crippen MR) is 81.7 cm³/mol. The molecule has 0 aromatic heterocycles. The van der Waals surface area contributed by atoms with Crippen LogP contribution >= 0.6 is 11.6 Å². The predicted octanol–water partition coefficient (Wildman–Crippen LogP) is 2.11. The molecule has 0 aliphatic carbocycles. The highest BCUT2D eigenvalue weighted by Gasteiger charge is 2.30. The van der Waals surface area contributed by atoms with E-state index in [9.17, 15) is 13.2 Å². The quantitative estimate of drug-likeness (QED) is 0.921. The van der Waals surface area contributed by atoms with E-state index in [0.29, 0.717) is 24.9 Å². The number of sulfonamides is 1. The highest BCUT2D eigenvalue weighted by Crippen LogP contribution is 2.27. The lowest BCUT2D eigenvalue weighted by Crippen LogP contribution is -2.29. The molecule has 1 amide bonds. The number of nitrogens with two attached hydrogens (primary N) is 1. The third-order valence-electron chi connectivity index (χ3n) is 3.95. The Balaban J connectivity index is 2.28. The first-order valence-electron chi connectivity index (χ1n) is 6.81. The van der Waals surface area contributed by atoms with Crippen LogP contribution in [0.5, 0.6) is 0 Å². The van der Waals surface area contributed by atoms with Gasteiger partial charge in [0.05, 0.1) is 15.5 Å². The normalized spacial score (nSPS) is 19.3. The molecule has 1 heterocycles. The number of benzene rings is 1. The van der Waals surface area contributed by atoms with Gasteiger partial charge in [0.1, 0.15) is 0 Å². The van der Waals surface area contributed by atoms with Crippen molar-refractivity contribution in [2.24, 2.45) is 17.0 Å². The Labute approximate surface area is 130 Å². The van der Waals surface area contributed by atoms with Gasteiger partial charge in [-0.05, 0) is 36.5 Å². The molecular formula is C14H19ClN2O3S. The van der Waals surface area contributed by atoms with Gasteiger partial charge in [-0.25, -0.2) is 13.6 Å². The Bertz CT molecular complexity index is 658. The molecule has 2 N–H and O–H groups in total. The maximum atomic E-state index is 12.5. The smallest absolute Gasteiger partial charge is 0.255 e. The number of hydrogen-bond donors (Lipinski definition) is 1. The first-order chi connectivity index (χ1) is 9.70. The van der Waals surface area contributed by atoms with Crippen molar-refractivity contribution in [2.45, 2.75) is 25.2 Å². The Morgan fingerprint density at radius 2 is 2.10 bits per heavy atom. The van der Waals surface area contributed by atoms with Crippen LogP contribution < -0.4 is 5.14 Å². The fourth-order valence-electron chi connectivity index (χ4n) is 2.53. The SMILES string of the molecule is CC(C)C1CCN(C(=O)c2cc(S(N)(=O)=O)ccc2Cl)C1. The number of amides is 1. The van der Waals surface area contributed by atoms with Gasteiger partial charge in [0.15, 0.2) is 0 Å². The van der Waals surface area contributed by atoms with Crippen LogP contribution in [0.2, 0.25) is 5.02 Å². The highest BCUT2D eigenvalue weighted by molar-refractivity contribution is 7.89. The molecule has 2 rings (SSSR count). The zero-order valence-corrected chi connectivity index (χ0v) is 13.6. The van der Waals surface area contributed by atoms with Gasteiger partial charge in [0.25, 0.3) is 5.91 Å². The molecule has 1 aliphatic heterocycles. The molecule has 1 fully saturated rings. The molecule has 0 radical (unpaired) electrons. The lowest BCUT2D eigenvalue weighted by atomic mass is 9.95. The minimum Gasteiger partial charge on any atom is -0.338 e. The van der Waals surface area contributed by atoms with Crippen LogP contribution in [-0.2, 0) is 10.0 Å². The Hall–Kier alpha value is -1.11. The number of primary sulfonamides is 1. The third kappa shape index (κ3) is 3.56. The van der Waals surface area contributed by atoms with Crippen molar-refractivity contribution in [1.82, 2.24) is 4.90 Å². The topological polar surface area (TPSA) is 80.5 Å². The van der Waals surface area contributed by atoms with Gasteiger partial charge in [-0.2, -0.15) is 0 Å². The molecule has 1 atom stereocenters. The maximum Gasteiger partial charge on any atom is 0.255 e. The van der Waals surface area contributed by atoms with E-state index in [1.165, 1.54) is 18.2 Å². The zero-order valence-electron chi connectivity index (χ0n) is 12.0. The molecule has 0 spiro atoms. The van der Waals surface area contributed by atoms with Gasteiger partial charge >= 0.3 is 0 Å². The Morgan fingerprint density at radius 1 is 1.43 bits per heavy atom. The van der Waals surface area contributed by atoms with Gasteiger partial charge < -0.3 is 4.90 Å². The van der Waals surface area contributed by atoms with E-state index in [1.807, 2.05) is 0 Å². The summed E-state index contributed by atoms with van der Waals surface area (Å²) in [4.78, 5) is 14.1. The fourth-order valence-corrected chi connectivity index (χ4v) is 3.27. The fraction of sp³-hybridized carbons (Fsp3) is 0.500. The molecule has 1 unspecified atom stereocenters. The minimum atomic E-state index is -3.85. The summed E-state index contributed by atoms with van der Waals surface area (Å²) in [5, 5.41) is 5.33. The summed E-state index contributed by atoms with van der Waals surface area (Å²) in [6.45, 7) is 5.60. The highest BCUT2D eigenvalue weighted by atomic mass is 35.5. The number of hydrogen-bond acceptors (Lipinski definition) is 3. The number of carbonyl (C=O) groups excluding carboxylic acids is 1. The second kappa shape index (κ2) is 5.94. The van der Waals surface area contributed by atoms with Crippen molar-refractivity contribution in [3.63, 3.8) is 0 Å². The summed E-state index contributed by atoms with van der Waals surface area (Å²) in [5.41, 5.74) is 0.188. The summed E-state index contributed by atoms with van der Waals surface area (Å²) in [6.07, 6.45) is 0.954. The summed E-state index contributed by atoms with van der Waals surface area (Å²) in [6, 6.07) is 3.95. The summed E-state index contributed by atoms with van der Waals surface area (Å²) < 4.78 is 22.8. The molecule has 7 heteroatoms. The molecule has 1 saturated heterocycles. The van der Waals surface area contributed by atoms with E-state index in [2.05, 4.69) is 13.8 Å². The lowest BCUT2D eigenvalue weighted by Gasteiger charge is -2.19. The zero-order chi connectivity index (χ0) is 15.8. The molecule has 1 aliphatic rings. The van der Waals surface area contributed by atoms with E-state index >= 15 is 0 Å². The summed E-state index contributed by atoms with van der Waals surface area (Å²) >= 11 is 6.04. The maximum absolute atomic E-state index is 12.5. The average molecular weight is 331 g/mol. The molecule has 0 saturated carbocycles. The van der Waals surface area contributed by atoms with Gasteiger partial charge in [0, 0.05) is 13.1 Å². The first-order valence-corrected chi connectivity index (χ1v) is 8.74. The molecule has 0 bridgehead atoms. The molecule has 1 aromatic carbocycles.